The van der Waals surface area contributed by atoms with Gasteiger partial charge in [-0.25, -0.2) is 0 Å². The quantitative estimate of drug-likeness (QED) is 0.713. The smallest absolute Gasteiger partial charge is 0.0809 e. The molecule has 4 fully saturated rings. The van der Waals surface area contributed by atoms with Gasteiger partial charge in [-0.2, -0.15) is 5.10 Å². The molecule has 0 bridgehead atoms. The summed E-state index contributed by atoms with van der Waals surface area (Å²) in [4.78, 5) is 0. The standard InChI is InChI=1S/C25H38N2O/c1-4-27-16-17(15-26-27)13-18-14-22-20-9-8-19-7-5-6-11-24(19,2)21(20)10-12-25(22,3)23(18)28/h13,15-16,19-23,28H,4-12,14H2,1-3H3/b18-13+/t19-,20+,21-,22-,23-,24+,25+/m1/s1. The minimum absolute atomic E-state index is 0.0750. The molecule has 0 radical (unpaired) electrons. The molecule has 4 aliphatic rings. The number of hydrogen-bond donors (Lipinski definition) is 1. The lowest BCUT2D eigenvalue weighted by Crippen LogP contribution is -2.53. The van der Waals surface area contributed by atoms with Gasteiger partial charge in [0.1, 0.15) is 0 Å². The van der Waals surface area contributed by atoms with Gasteiger partial charge in [0.05, 0.1) is 12.3 Å². The van der Waals surface area contributed by atoms with Crippen molar-refractivity contribution < 1.29 is 5.11 Å². The Morgan fingerprint density at radius 2 is 1.96 bits per heavy atom. The van der Waals surface area contributed by atoms with Crippen LogP contribution in [0.15, 0.2) is 18.0 Å². The van der Waals surface area contributed by atoms with Crippen molar-refractivity contribution in [2.75, 3.05) is 0 Å². The third-order valence-electron chi connectivity index (χ3n) is 9.78. The molecule has 1 aromatic rings. The van der Waals surface area contributed by atoms with E-state index in [2.05, 4.69) is 38.1 Å². The van der Waals surface area contributed by atoms with Crippen molar-refractivity contribution in [1.29, 1.82) is 0 Å². The zero-order valence-electron chi connectivity index (χ0n) is 18.0. The van der Waals surface area contributed by atoms with Crippen LogP contribution >= 0.6 is 0 Å². The molecule has 0 aliphatic heterocycles. The summed E-state index contributed by atoms with van der Waals surface area (Å²) < 4.78 is 1.98. The fourth-order valence-electron chi connectivity index (χ4n) is 8.14. The summed E-state index contributed by atoms with van der Waals surface area (Å²) in [6, 6.07) is 0. The summed E-state index contributed by atoms with van der Waals surface area (Å²) in [5.74, 6) is 3.33. The zero-order chi connectivity index (χ0) is 19.5. The predicted octanol–water partition coefficient (Wildman–Crippen LogP) is 5.69. The summed E-state index contributed by atoms with van der Waals surface area (Å²) in [7, 11) is 0. The Bertz CT molecular complexity index is 766. The molecule has 4 aliphatic carbocycles. The molecule has 3 nitrogen and oxygen atoms in total. The van der Waals surface area contributed by atoms with Crippen molar-refractivity contribution >= 4 is 6.08 Å². The first-order valence-corrected chi connectivity index (χ1v) is 11.9. The third kappa shape index (κ3) is 2.68. The molecule has 0 aromatic carbocycles. The number of aliphatic hydroxyl groups excluding tert-OH is 1. The van der Waals surface area contributed by atoms with Crippen LogP contribution in [0.5, 0.6) is 0 Å². The van der Waals surface area contributed by atoms with E-state index in [0.717, 1.165) is 36.3 Å². The van der Waals surface area contributed by atoms with Gasteiger partial charge in [0.15, 0.2) is 0 Å². The normalized spacial score (nSPS) is 46.9. The van der Waals surface area contributed by atoms with Crippen LogP contribution in [-0.4, -0.2) is 21.0 Å². The number of nitrogens with zero attached hydrogens (tertiary/aromatic N) is 2. The van der Waals surface area contributed by atoms with Crippen LogP contribution in [0, 0.1) is 34.5 Å². The van der Waals surface area contributed by atoms with Crippen LogP contribution in [-0.2, 0) is 6.54 Å². The lowest BCUT2D eigenvalue weighted by Gasteiger charge is -2.60. The lowest BCUT2D eigenvalue weighted by molar-refractivity contribution is -0.119. The minimum Gasteiger partial charge on any atom is -0.388 e. The van der Waals surface area contributed by atoms with E-state index in [4.69, 9.17) is 0 Å². The first-order valence-electron chi connectivity index (χ1n) is 11.9. The molecule has 1 heterocycles. The summed E-state index contributed by atoms with van der Waals surface area (Å²) >= 11 is 0. The maximum Gasteiger partial charge on any atom is 0.0809 e. The number of hydrogen-bond acceptors (Lipinski definition) is 2. The zero-order valence-corrected chi connectivity index (χ0v) is 18.0. The minimum atomic E-state index is -0.277. The van der Waals surface area contributed by atoms with E-state index in [-0.39, 0.29) is 11.5 Å². The molecular weight excluding hydrogens is 344 g/mol. The van der Waals surface area contributed by atoms with Crippen LogP contribution in [0.25, 0.3) is 6.08 Å². The van der Waals surface area contributed by atoms with E-state index in [9.17, 15) is 5.11 Å². The fraction of sp³-hybridized carbons (Fsp3) is 0.800. The molecule has 3 heteroatoms. The summed E-state index contributed by atoms with van der Waals surface area (Å²) in [6.07, 6.45) is 18.3. The maximum atomic E-state index is 11.4. The third-order valence-corrected chi connectivity index (χ3v) is 9.78. The first-order chi connectivity index (χ1) is 13.5. The SMILES string of the molecule is CCn1cc(/C=C2\C[C@@H]3[C@H]4CC[C@H]5CCCC[C@]5(C)[C@@H]4CC[C@]3(C)[C@@H]2O)cn1. The average molecular weight is 383 g/mol. The molecule has 154 valence electrons. The van der Waals surface area contributed by atoms with Crippen LogP contribution in [0.4, 0.5) is 0 Å². The second-order valence-corrected chi connectivity index (χ2v) is 10.9. The van der Waals surface area contributed by atoms with E-state index in [1.807, 2.05) is 10.9 Å². The summed E-state index contributed by atoms with van der Waals surface area (Å²) in [5.41, 5.74) is 3.06. The van der Waals surface area contributed by atoms with Gasteiger partial charge < -0.3 is 5.11 Å². The number of aryl methyl sites for hydroxylation is 1. The lowest BCUT2D eigenvalue weighted by atomic mass is 9.45. The molecule has 1 aromatic heterocycles. The van der Waals surface area contributed by atoms with Gasteiger partial charge in [-0.15, -0.1) is 0 Å². The number of aliphatic hydroxyl groups is 1. The number of fused-ring (bicyclic) bond motifs is 5. The van der Waals surface area contributed by atoms with E-state index in [0.29, 0.717) is 11.3 Å². The topological polar surface area (TPSA) is 38.0 Å². The Morgan fingerprint density at radius 3 is 2.75 bits per heavy atom. The number of rotatable bonds is 2. The maximum absolute atomic E-state index is 11.4. The first kappa shape index (κ1) is 18.9. The van der Waals surface area contributed by atoms with Gasteiger partial charge in [0.25, 0.3) is 0 Å². The Hall–Kier alpha value is -1.09. The molecule has 0 spiro atoms. The summed E-state index contributed by atoms with van der Waals surface area (Å²) in [6.45, 7) is 8.05. The van der Waals surface area contributed by atoms with Crippen molar-refractivity contribution in [3.63, 3.8) is 0 Å². The van der Waals surface area contributed by atoms with Crippen molar-refractivity contribution in [3.8, 4) is 0 Å². The van der Waals surface area contributed by atoms with Crippen LogP contribution < -0.4 is 0 Å². The highest BCUT2D eigenvalue weighted by Crippen LogP contribution is 2.67. The molecular formula is C25H38N2O. The van der Waals surface area contributed by atoms with Gasteiger partial charge in [0.2, 0.25) is 0 Å². The Balaban J connectivity index is 1.44. The molecule has 0 amide bonds. The Labute approximate surface area is 170 Å². The van der Waals surface area contributed by atoms with Crippen molar-refractivity contribution in [2.24, 2.45) is 34.5 Å². The van der Waals surface area contributed by atoms with Crippen molar-refractivity contribution in [2.45, 2.75) is 91.2 Å². The molecule has 5 rings (SSSR count). The Morgan fingerprint density at radius 1 is 1.11 bits per heavy atom. The monoisotopic (exact) mass is 382 g/mol. The van der Waals surface area contributed by atoms with Crippen molar-refractivity contribution in [1.82, 2.24) is 9.78 Å². The van der Waals surface area contributed by atoms with Gasteiger partial charge in [-0.05, 0) is 86.5 Å². The fourth-order valence-corrected chi connectivity index (χ4v) is 8.14. The van der Waals surface area contributed by atoms with E-state index < -0.39 is 0 Å². The summed E-state index contributed by atoms with van der Waals surface area (Å²) in [5, 5.41) is 15.8. The second kappa shape index (κ2) is 6.72. The van der Waals surface area contributed by atoms with E-state index in [1.165, 1.54) is 56.9 Å². The van der Waals surface area contributed by atoms with Crippen LogP contribution in [0.1, 0.15) is 84.1 Å². The van der Waals surface area contributed by atoms with Crippen molar-refractivity contribution in [3.05, 3.63) is 23.5 Å². The second-order valence-electron chi connectivity index (χ2n) is 10.9. The van der Waals surface area contributed by atoms with E-state index >= 15 is 0 Å². The molecule has 0 saturated heterocycles. The largest absolute Gasteiger partial charge is 0.388 e. The molecule has 4 saturated carbocycles. The molecule has 1 N–H and O–H groups in total. The Kier molecular flexibility index (Phi) is 4.54. The van der Waals surface area contributed by atoms with Gasteiger partial charge in [0, 0.05) is 23.7 Å². The highest BCUT2D eigenvalue weighted by atomic mass is 16.3. The number of aromatic nitrogens is 2. The predicted molar refractivity (Wildman–Crippen MR) is 114 cm³/mol. The van der Waals surface area contributed by atoms with Gasteiger partial charge in [-0.1, -0.05) is 32.8 Å². The van der Waals surface area contributed by atoms with Gasteiger partial charge in [-0.3, -0.25) is 4.68 Å². The van der Waals surface area contributed by atoms with E-state index in [1.54, 1.807) is 0 Å². The van der Waals surface area contributed by atoms with Gasteiger partial charge >= 0.3 is 0 Å². The molecule has 0 unspecified atom stereocenters. The average Bonchev–Trinajstić information content (AvgIpc) is 3.25. The highest BCUT2D eigenvalue weighted by molar-refractivity contribution is 5.54. The molecule has 7 atom stereocenters. The molecule has 28 heavy (non-hydrogen) atoms. The van der Waals surface area contributed by atoms with Crippen LogP contribution in [0.2, 0.25) is 0 Å². The highest BCUT2D eigenvalue weighted by Gasteiger charge is 2.60. The van der Waals surface area contributed by atoms with Crippen LogP contribution in [0.3, 0.4) is 0 Å².